The summed E-state index contributed by atoms with van der Waals surface area (Å²) in [5.74, 6) is 1.06. The summed E-state index contributed by atoms with van der Waals surface area (Å²) in [6.45, 7) is 5.33. The zero-order valence-corrected chi connectivity index (χ0v) is 11.0. The number of nitrogens with zero attached hydrogens (tertiary/aromatic N) is 2. The lowest BCUT2D eigenvalue weighted by Crippen LogP contribution is -2.50. The van der Waals surface area contributed by atoms with Crippen LogP contribution in [-0.2, 0) is 0 Å². The van der Waals surface area contributed by atoms with Gasteiger partial charge in [0.15, 0.2) is 0 Å². The van der Waals surface area contributed by atoms with Gasteiger partial charge in [-0.05, 0) is 19.1 Å². The number of rotatable bonds is 1. The van der Waals surface area contributed by atoms with E-state index in [0.29, 0.717) is 6.04 Å². The molecule has 2 rings (SSSR count). The van der Waals surface area contributed by atoms with Gasteiger partial charge in [0, 0.05) is 36.3 Å². The molecule has 1 unspecified atom stereocenters. The molecule has 1 saturated heterocycles. The second-order valence-electron chi connectivity index (χ2n) is 3.58. The average molecular weight is 293 g/mol. The summed E-state index contributed by atoms with van der Waals surface area (Å²) in [6.07, 6.45) is 1.84. The molecule has 1 aromatic rings. The molecule has 1 aliphatic heterocycles. The van der Waals surface area contributed by atoms with Crippen molar-refractivity contribution >= 4 is 34.2 Å². The highest BCUT2D eigenvalue weighted by Crippen LogP contribution is 2.19. The minimum atomic E-state index is 0. The molecule has 1 N–H and O–H groups in total. The number of piperazine rings is 1. The number of halogens is 2. The van der Waals surface area contributed by atoms with Gasteiger partial charge in [0.1, 0.15) is 5.82 Å². The fourth-order valence-electron chi connectivity index (χ4n) is 1.73. The summed E-state index contributed by atoms with van der Waals surface area (Å²) in [5, 5.41) is 3.37. The Morgan fingerprint density at radius 3 is 3.07 bits per heavy atom. The third kappa shape index (κ3) is 3.06. The third-order valence-electron chi connectivity index (χ3n) is 2.50. The van der Waals surface area contributed by atoms with Crippen LogP contribution in [0.1, 0.15) is 6.92 Å². The SMILES string of the molecule is CC1CNCCN1c1cc(Br)ccn1.Cl. The maximum Gasteiger partial charge on any atom is 0.129 e. The van der Waals surface area contributed by atoms with Gasteiger partial charge in [-0.25, -0.2) is 4.98 Å². The van der Waals surface area contributed by atoms with Crippen molar-refractivity contribution in [3.8, 4) is 0 Å². The molecule has 1 fully saturated rings. The van der Waals surface area contributed by atoms with Crippen LogP contribution in [0.3, 0.4) is 0 Å². The Balaban J connectivity index is 0.00000112. The van der Waals surface area contributed by atoms with Gasteiger partial charge in [0.25, 0.3) is 0 Å². The van der Waals surface area contributed by atoms with E-state index in [1.807, 2.05) is 12.3 Å². The zero-order chi connectivity index (χ0) is 9.97. The van der Waals surface area contributed by atoms with Crippen LogP contribution in [0.2, 0.25) is 0 Å². The summed E-state index contributed by atoms with van der Waals surface area (Å²) >= 11 is 3.47. The van der Waals surface area contributed by atoms with Gasteiger partial charge in [-0.15, -0.1) is 12.4 Å². The van der Waals surface area contributed by atoms with E-state index in [1.165, 1.54) is 0 Å². The lowest BCUT2D eigenvalue weighted by atomic mass is 10.2. The van der Waals surface area contributed by atoms with Crippen molar-refractivity contribution in [1.82, 2.24) is 10.3 Å². The van der Waals surface area contributed by atoms with E-state index in [9.17, 15) is 0 Å². The molecule has 0 spiro atoms. The molecule has 0 radical (unpaired) electrons. The zero-order valence-electron chi connectivity index (χ0n) is 8.61. The second-order valence-corrected chi connectivity index (χ2v) is 4.49. The molecule has 1 aromatic heterocycles. The van der Waals surface area contributed by atoms with Gasteiger partial charge in [0.05, 0.1) is 0 Å². The maximum absolute atomic E-state index is 4.38. The van der Waals surface area contributed by atoms with Gasteiger partial charge in [0.2, 0.25) is 0 Å². The van der Waals surface area contributed by atoms with E-state index in [2.05, 4.69) is 44.1 Å². The molecule has 84 valence electrons. The third-order valence-corrected chi connectivity index (χ3v) is 3.00. The highest BCUT2D eigenvalue weighted by Gasteiger charge is 2.18. The number of nitrogens with one attached hydrogen (secondary N) is 1. The van der Waals surface area contributed by atoms with Crippen molar-refractivity contribution in [2.24, 2.45) is 0 Å². The highest BCUT2D eigenvalue weighted by molar-refractivity contribution is 9.10. The lowest BCUT2D eigenvalue weighted by molar-refractivity contribution is 0.497. The van der Waals surface area contributed by atoms with Crippen LogP contribution < -0.4 is 10.2 Å². The van der Waals surface area contributed by atoms with E-state index in [4.69, 9.17) is 0 Å². The van der Waals surface area contributed by atoms with Crippen molar-refractivity contribution in [3.63, 3.8) is 0 Å². The molecule has 1 atom stereocenters. The Labute approximate surface area is 105 Å². The van der Waals surface area contributed by atoms with Crippen LogP contribution in [0.15, 0.2) is 22.8 Å². The first-order valence-corrected chi connectivity index (χ1v) is 5.65. The number of pyridine rings is 1. The molecule has 3 nitrogen and oxygen atoms in total. The smallest absolute Gasteiger partial charge is 0.129 e. The largest absolute Gasteiger partial charge is 0.351 e. The number of aromatic nitrogens is 1. The monoisotopic (exact) mass is 291 g/mol. The highest BCUT2D eigenvalue weighted by atomic mass is 79.9. The first-order valence-electron chi connectivity index (χ1n) is 4.86. The lowest BCUT2D eigenvalue weighted by Gasteiger charge is -2.34. The molecule has 5 heteroatoms. The number of anilines is 1. The fourth-order valence-corrected chi connectivity index (χ4v) is 2.05. The molecule has 0 aromatic carbocycles. The molecule has 0 bridgehead atoms. The summed E-state index contributed by atoms with van der Waals surface area (Å²) in [4.78, 5) is 6.72. The number of hydrogen-bond donors (Lipinski definition) is 1. The first-order chi connectivity index (χ1) is 6.77. The normalized spacial score (nSPS) is 20.9. The molecular formula is C10H15BrClN3. The van der Waals surface area contributed by atoms with Crippen LogP contribution in [0, 0.1) is 0 Å². The van der Waals surface area contributed by atoms with Gasteiger partial charge in [-0.2, -0.15) is 0 Å². The van der Waals surface area contributed by atoms with E-state index in [-0.39, 0.29) is 12.4 Å². The summed E-state index contributed by atoms with van der Waals surface area (Å²) in [6, 6.07) is 4.55. The average Bonchev–Trinajstić information content (AvgIpc) is 2.18. The Bertz CT molecular complexity index is 321. The van der Waals surface area contributed by atoms with Crippen molar-refractivity contribution in [2.75, 3.05) is 24.5 Å². The van der Waals surface area contributed by atoms with Crippen LogP contribution in [-0.4, -0.2) is 30.7 Å². The Kier molecular flexibility index (Phi) is 4.83. The van der Waals surface area contributed by atoms with Gasteiger partial charge >= 0.3 is 0 Å². The van der Waals surface area contributed by atoms with Crippen molar-refractivity contribution in [1.29, 1.82) is 0 Å². The van der Waals surface area contributed by atoms with Crippen LogP contribution >= 0.6 is 28.3 Å². The van der Waals surface area contributed by atoms with Crippen LogP contribution in [0.5, 0.6) is 0 Å². The second kappa shape index (κ2) is 5.68. The first kappa shape index (κ1) is 12.7. The standard InChI is InChI=1S/C10H14BrN3.ClH/c1-8-7-12-4-5-14(8)10-6-9(11)2-3-13-10;/h2-3,6,8,12H,4-5,7H2,1H3;1H. The minimum absolute atomic E-state index is 0. The molecule has 0 saturated carbocycles. The van der Waals surface area contributed by atoms with Crippen LogP contribution in [0.4, 0.5) is 5.82 Å². The Morgan fingerprint density at radius 2 is 2.40 bits per heavy atom. The van der Waals surface area contributed by atoms with E-state index >= 15 is 0 Å². The van der Waals surface area contributed by atoms with E-state index in [1.54, 1.807) is 0 Å². The van der Waals surface area contributed by atoms with E-state index in [0.717, 1.165) is 29.9 Å². The van der Waals surface area contributed by atoms with Crippen molar-refractivity contribution in [2.45, 2.75) is 13.0 Å². The van der Waals surface area contributed by atoms with Crippen molar-refractivity contribution < 1.29 is 0 Å². The van der Waals surface area contributed by atoms with Crippen LogP contribution in [0.25, 0.3) is 0 Å². The minimum Gasteiger partial charge on any atom is -0.351 e. The summed E-state index contributed by atoms with van der Waals surface area (Å²) in [7, 11) is 0. The predicted molar refractivity (Wildman–Crippen MR) is 68.9 cm³/mol. The molecular weight excluding hydrogens is 277 g/mol. The summed E-state index contributed by atoms with van der Waals surface area (Å²) in [5.41, 5.74) is 0. The molecule has 0 amide bonds. The quantitative estimate of drug-likeness (QED) is 0.859. The molecule has 2 heterocycles. The van der Waals surface area contributed by atoms with Gasteiger partial charge < -0.3 is 10.2 Å². The molecule has 15 heavy (non-hydrogen) atoms. The molecule has 0 aliphatic carbocycles. The summed E-state index contributed by atoms with van der Waals surface area (Å²) < 4.78 is 1.09. The Hall–Kier alpha value is -0.320. The van der Waals surface area contributed by atoms with E-state index < -0.39 is 0 Å². The molecule has 1 aliphatic rings. The Morgan fingerprint density at radius 1 is 1.60 bits per heavy atom. The van der Waals surface area contributed by atoms with Gasteiger partial charge in [-0.1, -0.05) is 15.9 Å². The van der Waals surface area contributed by atoms with Gasteiger partial charge in [-0.3, -0.25) is 0 Å². The predicted octanol–water partition coefficient (Wildman–Crippen LogP) is 2.06. The number of hydrogen-bond acceptors (Lipinski definition) is 3. The fraction of sp³-hybridized carbons (Fsp3) is 0.500. The topological polar surface area (TPSA) is 28.2 Å². The maximum atomic E-state index is 4.38. The van der Waals surface area contributed by atoms with Crippen molar-refractivity contribution in [3.05, 3.63) is 22.8 Å².